The monoisotopic (exact) mass is 410 g/mol. The molecule has 0 aliphatic rings. The average Bonchev–Trinajstić information content (AvgIpc) is 2.73. The molecule has 0 spiro atoms. The van der Waals surface area contributed by atoms with Gasteiger partial charge in [-0.3, -0.25) is 4.79 Å². The second kappa shape index (κ2) is 9.96. The molecular weight excluding hydrogens is 384 g/mol. The Hall–Kier alpha value is -3.28. The van der Waals surface area contributed by atoms with Gasteiger partial charge in [-0.1, -0.05) is 24.3 Å². The fraction of sp³-hybridized carbons (Fsp3) is 0.333. The summed E-state index contributed by atoms with van der Waals surface area (Å²) in [6.45, 7) is 6.72. The zero-order valence-electron chi connectivity index (χ0n) is 17.5. The Morgan fingerprint density at radius 1 is 1.03 bits per heavy atom. The highest BCUT2D eigenvalue weighted by Crippen LogP contribution is 2.26. The molecule has 1 aromatic heterocycles. The summed E-state index contributed by atoms with van der Waals surface area (Å²) in [5.74, 6) is 0.991. The van der Waals surface area contributed by atoms with E-state index < -0.39 is 5.63 Å². The number of ether oxygens (including phenoxy) is 3. The van der Waals surface area contributed by atoms with Gasteiger partial charge in [0.25, 0.3) is 0 Å². The van der Waals surface area contributed by atoms with Crippen LogP contribution in [0.1, 0.15) is 36.5 Å². The lowest BCUT2D eigenvalue weighted by Crippen LogP contribution is -2.09. The van der Waals surface area contributed by atoms with Crippen LogP contribution in [0.25, 0.3) is 11.0 Å². The molecule has 0 N–H and O–H groups in total. The molecule has 0 bridgehead atoms. The van der Waals surface area contributed by atoms with Gasteiger partial charge in [-0.2, -0.15) is 0 Å². The SMILES string of the molecule is CCOc1ccccc1OCCCC(=O)OCc1cc(=O)oc2c(C)c(C)ccc12. The maximum absolute atomic E-state index is 12.1. The molecule has 3 aromatic rings. The smallest absolute Gasteiger partial charge is 0.336 e. The van der Waals surface area contributed by atoms with Crippen LogP contribution in [0.15, 0.2) is 51.7 Å². The second-order valence-electron chi connectivity index (χ2n) is 6.97. The zero-order chi connectivity index (χ0) is 21.5. The number of carbonyl (C=O) groups is 1. The number of aryl methyl sites for hydroxylation is 2. The van der Waals surface area contributed by atoms with Crippen molar-refractivity contribution in [2.24, 2.45) is 0 Å². The minimum atomic E-state index is -0.455. The zero-order valence-corrected chi connectivity index (χ0v) is 17.5. The number of fused-ring (bicyclic) bond motifs is 1. The van der Waals surface area contributed by atoms with Crippen LogP contribution in [-0.4, -0.2) is 19.2 Å². The van der Waals surface area contributed by atoms with Crippen molar-refractivity contribution in [1.29, 1.82) is 0 Å². The Morgan fingerprint density at radius 2 is 1.77 bits per heavy atom. The van der Waals surface area contributed by atoms with Crippen LogP contribution in [-0.2, 0) is 16.1 Å². The topological polar surface area (TPSA) is 75.0 Å². The molecule has 1 heterocycles. The molecule has 6 heteroatoms. The predicted octanol–water partition coefficient (Wildman–Crippen LogP) is 4.71. The second-order valence-corrected chi connectivity index (χ2v) is 6.97. The highest BCUT2D eigenvalue weighted by molar-refractivity contribution is 5.84. The van der Waals surface area contributed by atoms with Gasteiger partial charge in [-0.25, -0.2) is 4.79 Å². The van der Waals surface area contributed by atoms with Gasteiger partial charge in [-0.05, 0) is 50.5 Å². The molecule has 0 fully saturated rings. The van der Waals surface area contributed by atoms with E-state index >= 15 is 0 Å². The molecular formula is C24H26O6. The number of hydrogen-bond acceptors (Lipinski definition) is 6. The summed E-state index contributed by atoms with van der Waals surface area (Å²) < 4.78 is 22.0. The molecule has 0 amide bonds. The third kappa shape index (κ3) is 5.20. The van der Waals surface area contributed by atoms with Crippen molar-refractivity contribution >= 4 is 16.9 Å². The van der Waals surface area contributed by atoms with Crippen molar-refractivity contribution < 1.29 is 23.4 Å². The summed E-state index contributed by atoms with van der Waals surface area (Å²) >= 11 is 0. The number of esters is 1. The van der Waals surface area contributed by atoms with Crippen LogP contribution in [0, 0.1) is 13.8 Å². The predicted molar refractivity (Wildman–Crippen MR) is 114 cm³/mol. The molecule has 158 valence electrons. The number of rotatable bonds is 9. The third-order valence-corrected chi connectivity index (χ3v) is 4.84. The van der Waals surface area contributed by atoms with Gasteiger partial charge in [0.1, 0.15) is 12.2 Å². The van der Waals surface area contributed by atoms with E-state index in [4.69, 9.17) is 18.6 Å². The summed E-state index contributed by atoms with van der Waals surface area (Å²) in [5.41, 5.74) is 2.66. The first-order chi connectivity index (χ1) is 14.5. The molecule has 0 unspecified atom stereocenters. The van der Waals surface area contributed by atoms with Crippen LogP contribution in [0.5, 0.6) is 11.5 Å². The van der Waals surface area contributed by atoms with E-state index in [1.807, 2.05) is 57.2 Å². The molecule has 30 heavy (non-hydrogen) atoms. The molecule has 3 rings (SSSR count). The lowest BCUT2D eigenvalue weighted by molar-refractivity contribution is -0.145. The van der Waals surface area contributed by atoms with Gasteiger partial charge in [0.2, 0.25) is 0 Å². The Morgan fingerprint density at radius 3 is 2.50 bits per heavy atom. The van der Waals surface area contributed by atoms with Crippen molar-refractivity contribution in [1.82, 2.24) is 0 Å². The minimum Gasteiger partial charge on any atom is -0.490 e. The Kier molecular flexibility index (Phi) is 7.12. The summed E-state index contributed by atoms with van der Waals surface area (Å²) in [7, 11) is 0. The molecule has 2 aromatic carbocycles. The highest BCUT2D eigenvalue weighted by atomic mass is 16.5. The van der Waals surface area contributed by atoms with E-state index in [-0.39, 0.29) is 19.0 Å². The van der Waals surface area contributed by atoms with Gasteiger partial charge >= 0.3 is 11.6 Å². The molecule has 6 nitrogen and oxygen atoms in total. The summed E-state index contributed by atoms with van der Waals surface area (Å²) in [5, 5.41) is 0.779. The number of carbonyl (C=O) groups excluding carboxylic acids is 1. The maximum atomic E-state index is 12.1. The minimum absolute atomic E-state index is 0.0253. The number of hydrogen-bond donors (Lipinski definition) is 0. The van der Waals surface area contributed by atoms with E-state index in [1.165, 1.54) is 6.07 Å². The van der Waals surface area contributed by atoms with Gasteiger partial charge in [-0.15, -0.1) is 0 Å². The molecule has 0 aliphatic heterocycles. The van der Waals surface area contributed by atoms with E-state index in [1.54, 1.807) is 0 Å². The lowest BCUT2D eigenvalue weighted by Gasteiger charge is -2.12. The van der Waals surface area contributed by atoms with Crippen molar-refractivity contribution in [3.05, 3.63) is 69.6 Å². The first-order valence-electron chi connectivity index (χ1n) is 10.0. The number of benzene rings is 2. The standard InChI is InChI=1S/C24H26O6/c1-4-27-20-8-5-6-9-21(20)28-13-7-10-22(25)29-15-18-14-23(26)30-24-17(3)16(2)11-12-19(18)24/h5-6,8-9,11-12,14H,4,7,10,13,15H2,1-3H3. The summed E-state index contributed by atoms with van der Waals surface area (Å²) in [6.07, 6.45) is 0.726. The molecule has 0 atom stereocenters. The average molecular weight is 410 g/mol. The van der Waals surface area contributed by atoms with Crippen LogP contribution < -0.4 is 15.1 Å². The molecule has 0 saturated carbocycles. The molecule has 0 saturated heterocycles. The van der Waals surface area contributed by atoms with Crippen molar-refractivity contribution in [3.8, 4) is 11.5 Å². The highest BCUT2D eigenvalue weighted by Gasteiger charge is 2.12. The molecule has 0 aliphatic carbocycles. The molecule has 0 radical (unpaired) electrons. The van der Waals surface area contributed by atoms with E-state index in [0.717, 1.165) is 16.5 Å². The van der Waals surface area contributed by atoms with Gasteiger partial charge in [0, 0.05) is 23.4 Å². The Labute approximate surface area is 175 Å². The fourth-order valence-electron chi connectivity index (χ4n) is 3.12. The van der Waals surface area contributed by atoms with Crippen LogP contribution in [0.2, 0.25) is 0 Å². The maximum Gasteiger partial charge on any atom is 0.336 e. The third-order valence-electron chi connectivity index (χ3n) is 4.84. The Balaban J connectivity index is 1.53. The van der Waals surface area contributed by atoms with Gasteiger partial charge < -0.3 is 18.6 Å². The number of para-hydroxylation sites is 2. The largest absolute Gasteiger partial charge is 0.490 e. The van der Waals surface area contributed by atoms with Crippen LogP contribution in [0.4, 0.5) is 0 Å². The Bertz CT molecular complexity index is 1080. The van der Waals surface area contributed by atoms with Crippen LogP contribution >= 0.6 is 0 Å². The van der Waals surface area contributed by atoms with Gasteiger partial charge in [0.05, 0.1) is 13.2 Å². The first kappa shape index (κ1) is 21.4. The van der Waals surface area contributed by atoms with E-state index in [9.17, 15) is 9.59 Å². The van der Waals surface area contributed by atoms with Crippen molar-refractivity contribution in [3.63, 3.8) is 0 Å². The lowest BCUT2D eigenvalue weighted by atomic mass is 10.0. The fourth-order valence-corrected chi connectivity index (χ4v) is 3.12. The quantitative estimate of drug-likeness (QED) is 0.289. The normalized spacial score (nSPS) is 10.8. The van der Waals surface area contributed by atoms with E-state index in [0.29, 0.717) is 42.3 Å². The van der Waals surface area contributed by atoms with Crippen molar-refractivity contribution in [2.45, 2.75) is 40.2 Å². The summed E-state index contributed by atoms with van der Waals surface area (Å²) in [4.78, 5) is 24.0. The van der Waals surface area contributed by atoms with Crippen molar-refractivity contribution in [2.75, 3.05) is 13.2 Å². The van der Waals surface area contributed by atoms with Gasteiger partial charge in [0.15, 0.2) is 11.5 Å². The van der Waals surface area contributed by atoms with E-state index in [2.05, 4.69) is 0 Å². The summed E-state index contributed by atoms with van der Waals surface area (Å²) in [6, 6.07) is 12.6. The van der Waals surface area contributed by atoms with Crippen LogP contribution in [0.3, 0.4) is 0 Å². The first-order valence-corrected chi connectivity index (χ1v) is 10.0.